The number of hydrogen-bond donors (Lipinski definition) is 0. The second-order valence-electron chi connectivity index (χ2n) is 1.69. The molecule has 0 aliphatic rings. The number of hydrogen-bond acceptors (Lipinski definition) is 3. The lowest BCUT2D eigenvalue weighted by atomic mass is 10.4. The Bertz CT molecular complexity index is 187. The molecule has 0 aromatic carbocycles. The van der Waals surface area contributed by atoms with E-state index in [1.165, 1.54) is 0 Å². The molecule has 0 bridgehead atoms. The maximum atomic E-state index is 11.6. The SMILES string of the molecule is O=S(=O)(CF)OC(CF)CF. The van der Waals surface area contributed by atoms with Crippen LogP contribution in [0.5, 0.6) is 0 Å². The first-order valence-electron chi connectivity index (χ1n) is 2.64. The predicted octanol–water partition coefficient (Wildman–Crippen LogP) is 0.567. The molecule has 0 aliphatic heterocycles. The van der Waals surface area contributed by atoms with Gasteiger partial charge in [0.1, 0.15) is 19.5 Å². The van der Waals surface area contributed by atoms with Crippen molar-refractivity contribution in [3.8, 4) is 0 Å². The van der Waals surface area contributed by atoms with Crippen LogP contribution in [0.1, 0.15) is 0 Å². The van der Waals surface area contributed by atoms with E-state index in [2.05, 4.69) is 4.18 Å². The van der Waals surface area contributed by atoms with Crippen molar-refractivity contribution in [3.63, 3.8) is 0 Å². The predicted molar refractivity (Wildman–Crippen MR) is 31.7 cm³/mol. The zero-order valence-electron chi connectivity index (χ0n) is 5.47. The minimum absolute atomic E-state index is 1.30. The van der Waals surface area contributed by atoms with Gasteiger partial charge in [-0.15, -0.1) is 0 Å². The summed E-state index contributed by atoms with van der Waals surface area (Å²) in [5, 5.41) is 0. The Labute approximate surface area is 62.3 Å². The standard InChI is InChI=1S/C4H7F3O3S/c5-1-4(2-6)10-11(8,9)3-7/h4H,1-3H2. The van der Waals surface area contributed by atoms with E-state index in [1.807, 2.05) is 0 Å². The van der Waals surface area contributed by atoms with Crippen LogP contribution in [0.15, 0.2) is 0 Å². The summed E-state index contributed by atoms with van der Waals surface area (Å²) in [6.45, 7) is -2.59. The lowest BCUT2D eigenvalue weighted by molar-refractivity contribution is 0.138. The van der Waals surface area contributed by atoms with Crippen molar-refractivity contribution in [1.29, 1.82) is 0 Å². The largest absolute Gasteiger partial charge is 0.297 e. The zero-order chi connectivity index (χ0) is 8.91. The van der Waals surface area contributed by atoms with Crippen molar-refractivity contribution in [3.05, 3.63) is 0 Å². The molecule has 0 rings (SSSR count). The van der Waals surface area contributed by atoms with Crippen molar-refractivity contribution in [2.45, 2.75) is 6.10 Å². The van der Waals surface area contributed by atoms with E-state index in [-0.39, 0.29) is 0 Å². The topological polar surface area (TPSA) is 43.4 Å². The highest BCUT2D eigenvalue weighted by atomic mass is 32.2. The molecule has 0 spiro atoms. The Morgan fingerprint density at radius 2 is 1.64 bits per heavy atom. The Balaban J connectivity index is 4.01. The van der Waals surface area contributed by atoms with Crippen molar-refractivity contribution < 1.29 is 25.8 Å². The number of rotatable bonds is 5. The first kappa shape index (κ1) is 10.7. The molecule has 0 unspecified atom stereocenters. The second kappa shape index (κ2) is 4.55. The molecule has 0 atom stereocenters. The van der Waals surface area contributed by atoms with Crippen LogP contribution in [0.3, 0.4) is 0 Å². The maximum Gasteiger partial charge on any atom is 0.297 e. The molecule has 7 heteroatoms. The second-order valence-corrected chi connectivity index (χ2v) is 3.22. The normalized spacial score (nSPS) is 12.4. The summed E-state index contributed by atoms with van der Waals surface area (Å²) in [4.78, 5) is 0. The highest BCUT2D eigenvalue weighted by Gasteiger charge is 2.18. The molecule has 0 saturated heterocycles. The first-order chi connectivity index (χ1) is 5.05. The lowest BCUT2D eigenvalue weighted by Gasteiger charge is -2.07. The molecule has 0 aromatic rings. The fraction of sp³-hybridized carbons (Fsp3) is 1.00. The van der Waals surface area contributed by atoms with Gasteiger partial charge in [0.25, 0.3) is 10.1 Å². The molecule has 0 aliphatic carbocycles. The highest BCUT2D eigenvalue weighted by Crippen LogP contribution is 2.02. The molecule has 11 heavy (non-hydrogen) atoms. The molecule has 3 nitrogen and oxygen atoms in total. The van der Waals surface area contributed by atoms with Gasteiger partial charge in [0.15, 0.2) is 0 Å². The molecule has 0 aromatic heterocycles. The molecule has 0 N–H and O–H groups in total. The lowest BCUT2D eigenvalue weighted by Crippen LogP contribution is -2.23. The van der Waals surface area contributed by atoms with E-state index in [4.69, 9.17) is 0 Å². The summed E-state index contributed by atoms with van der Waals surface area (Å²) in [6, 6.07) is -1.77. The van der Waals surface area contributed by atoms with Gasteiger partial charge in [0, 0.05) is 0 Å². The summed E-state index contributed by atoms with van der Waals surface area (Å²) < 4.78 is 58.7. The van der Waals surface area contributed by atoms with Gasteiger partial charge in [-0.1, -0.05) is 0 Å². The molecule has 0 heterocycles. The number of alkyl halides is 3. The Morgan fingerprint density at radius 3 is 1.91 bits per heavy atom. The van der Waals surface area contributed by atoms with Crippen molar-refractivity contribution in [2.24, 2.45) is 0 Å². The Hall–Kier alpha value is -0.300. The van der Waals surface area contributed by atoms with E-state index in [1.54, 1.807) is 0 Å². The Kier molecular flexibility index (Phi) is 4.43. The molecular weight excluding hydrogens is 185 g/mol. The molecule has 0 fully saturated rings. The van der Waals surface area contributed by atoms with Gasteiger partial charge in [-0.3, -0.25) is 4.18 Å². The van der Waals surface area contributed by atoms with Crippen LogP contribution < -0.4 is 0 Å². The Morgan fingerprint density at radius 1 is 1.18 bits per heavy atom. The van der Waals surface area contributed by atoms with Crippen molar-refractivity contribution in [2.75, 3.05) is 19.4 Å². The average molecular weight is 192 g/mol. The van der Waals surface area contributed by atoms with E-state index < -0.39 is 35.6 Å². The number of halogens is 3. The third-order valence-corrected chi connectivity index (χ3v) is 1.59. The summed E-state index contributed by atoms with van der Waals surface area (Å²) in [5.74, 6) is 0. The van der Waals surface area contributed by atoms with Crippen LogP contribution >= 0.6 is 0 Å². The fourth-order valence-electron chi connectivity index (χ4n) is 0.326. The smallest absolute Gasteiger partial charge is 0.259 e. The maximum absolute atomic E-state index is 11.6. The van der Waals surface area contributed by atoms with Gasteiger partial charge in [-0.25, -0.2) is 13.2 Å². The highest BCUT2D eigenvalue weighted by molar-refractivity contribution is 7.86. The van der Waals surface area contributed by atoms with Gasteiger partial charge in [0.05, 0.1) is 0 Å². The van der Waals surface area contributed by atoms with E-state index in [0.717, 1.165) is 0 Å². The van der Waals surface area contributed by atoms with Crippen LogP contribution in [0.25, 0.3) is 0 Å². The van der Waals surface area contributed by atoms with Crippen LogP contribution in [0.2, 0.25) is 0 Å². The van der Waals surface area contributed by atoms with Crippen LogP contribution in [0, 0.1) is 0 Å². The van der Waals surface area contributed by atoms with Gasteiger partial charge in [0.2, 0.25) is 6.01 Å². The third kappa shape index (κ3) is 4.20. The molecular formula is C4H7F3O3S. The van der Waals surface area contributed by atoms with Gasteiger partial charge >= 0.3 is 0 Å². The minimum Gasteiger partial charge on any atom is -0.259 e. The van der Waals surface area contributed by atoms with Crippen LogP contribution in [-0.2, 0) is 14.3 Å². The summed E-state index contributed by atoms with van der Waals surface area (Å²) in [6.07, 6.45) is -1.71. The monoisotopic (exact) mass is 192 g/mol. The van der Waals surface area contributed by atoms with Crippen molar-refractivity contribution in [1.82, 2.24) is 0 Å². The van der Waals surface area contributed by atoms with E-state index >= 15 is 0 Å². The summed E-state index contributed by atoms with van der Waals surface area (Å²) in [5.41, 5.74) is 0. The zero-order valence-corrected chi connectivity index (χ0v) is 6.28. The quantitative estimate of drug-likeness (QED) is 0.598. The van der Waals surface area contributed by atoms with E-state index in [9.17, 15) is 21.6 Å². The summed E-state index contributed by atoms with van der Waals surface area (Å²) in [7, 11) is -4.39. The summed E-state index contributed by atoms with van der Waals surface area (Å²) >= 11 is 0. The third-order valence-electron chi connectivity index (χ3n) is 0.761. The van der Waals surface area contributed by atoms with Gasteiger partial charge in [-0.2, -0.15) is 8.42 Å². The van der Waals surface area contributed by atoms with Crippen molar-refractivity contribution >= 4 is 10.1 Å². The fourth-order valence-corrected chi connectivity index (χ4v) is 0.895. The molecule has 0 radical (unpaired) electrons. The molecule has 0 saturated carbocycles. The first-order valence-corrected chi connectivity index (χ1v) is 4.22. The van der Waals surface area contributed by atoms with E-state index in [0.29, 0.717) is 0 Å². The average Bonchev–Trinajstić information content (AvgIpc) is 2.00. The minimum atomic E-state index is -4.39. The van der Waals surface area contributed by atoms with Crippen LogP contribution in [-0.4, -0.2) is 33.9 Å². The molecule has 0 amide bonds. The molecule has 68 valence electrons. The van der Waals surface area contributed by atoms with Gasteiger partial charge in [-0.05, 0) is 0 Å². The van der Waals surface area contributed by atoms with Crippen LogP contribution in [0.4, 0.5) is 13.2 Å². The van der Waals surface area contributed by atoms with Gasteiger partial charge < -0.3 is 0 Å².